The maximum absolute atomic E-state index is 12.1. The van der Waals surface area contributed by atoms with E-state index in [-0.39, 0.29) is 34.6 Å². The van der Waals surface area contributed by atoms with Gasteiger partial charge in [-0.25, -0.2) is 4.98 Å². The molecule has 0 atom stereocenters. The van der Waals surface area contributed by atoms with Crippen LogP contribution < -0.4 is 10.6 Å². The second-order valence-corrected chi connectivity index (χ2v) is 8.95. The number of nitrogens with one attached hydrogen (secondary N) is 2. The van der Waals surface area contributed by atoms with Crippen molar-refractivity contribution in [1.29, 1.82) is 0 Å². The van der Waals surface area contributed by atoms with E-state index < -0.39 is 0 Å². The number of thioether (sulfide) groups is 1. The Bertz CT molecular complexity index is 591. The van der Waals surface area contributed by atoms with Gasteiger partial charge in [0.15, 0.2) is 5.96 Å². The summed E-state index contributed by atoms with van der Waals surface area (Å²) in [6.07, 6.45) is 0. The number of aromatic nitrogens is 1. The smallest absolute Gasteiger partial charge is 0.263 e. The van der Waals surface area contributed by atoms with Gasteiger partial charge in [0.2, 0.25) is 0 Å². The molecule has 2 rings (SSSR count). The molecule has 9 heteroatoms. The van der Waals surface area contributed by atoms with Gasteiger partial charge in [0.25, 0.3) is 5.91 Å². The first-order valence-corrected chi connectivity index (χ1v) is 10.1. The van der Waals surface area contributed by atoms with Gasteiger partial charge in [-0.3, -0.25) is 9.79 Å². The van der Waals surface area contributed by atoms with Crippen molar-refractivity contribution >= 4 is 58.9 Å². The van der Waals surface area contributed by atoms with Gasteiger partial charge in [-0.15, -0.1) is 35.3 Å². The molecule has 6 nitrogen and oxygen atoms in total. The first kappa shape index (κ1) is 22.5. The van der Waals surface area contributed by atoms with E-state index in [1.165, 1.54) is 11.3 Å². The highest BCUT2D eigenvalue weighted by molar-refractivity contribution is 14.0. The monoisotopic (exact) mass is 497 g/mol. The first-order chi connectivity index (χ1) is 11.4. The molecule has 2 N–H and O–H groups in total. The molecule has 2 heterocycles. The van der Waals surface area contributed by atoms with Crippen LogP contribution in [0.3, 0.4) is 0 Å². The predicted octanol–water partition coefficient (Wildman–Crippen LogP) is 2.59. The molecule has 0 radical (unpaired) electrons. The molecule has 1 aromatic rings. The van der Waals surface area contributed by atoms with Gasteiger partial charge in [0, 0.05) is 36.7 Å². The van der Waals surface area contributed by atoms with Crippen molar-refractivity contribution in [3.8, 4) is 0 Å². The molecular formula is C16H28IN5OS2. The van der Waals surface area contributed by atoms with E-state index in [9.17, 15) is 4.79 Å². The summed E-state index contributed by atoms with van der Waals surface area (Å²) in [6, 6.07) is 0. The maximum atomic E-state index is 12.1. The van der Waals surface area contributed by atoms with Crippen LogP contribution in [-0.2, 0) is 0 Å². The van der Waals surface area contributed by atoms with Gasteiger partial charge in [-0.1, -0.05) is 0 Å². The highest BCUT2D eigenvalue weighted by Gasteiger charge is 2.28. The molecule has 1 aromatic heterocycles. The van der Waals surface area contributed by atoms with Crippen LogP contribution in [0.1, 0.15) is 36.1 Å². The SMILES string of the molecule is CCNC(=NCCNC(=O)c1scnc1C)N1CCSC(C)(C)C1.I. The topological polar surface area (TPSA) is 69.6 Å². The fourth-order valence-electron chi connectivity index (χ4n) is 2.55. The lowest BCUT2D eigenvalue weighted by Crippen LogP contribution is -2.51. The maximum Gasteiger partial charge on any atom is 0.263 e. The van der Waals surface area contributed by atoms with Gasteiger partial charge in [0.1, 0.15) is 4.88 Å². The van der Waals surface area contributed by atoms with Crippen LogP contribution in [-0.4, -0.2) is 65.0 Å². The lowest BCUT2D eigenvalue weighted by Gasteiger charge is -2.39. The number of halogens is 1. The Morgan fingerprint density at radius 1 is 1.44 bits per heavy atom. The summed E-state index contributed by atoms with van der Waals surface area (Å²) in [5.41, 5.74) is 2.48. The van der Waals surface area contributed by atoms with Crippen molar-refractivity contribution < 1.29 is 4.79 Å². The van der Waals surface area contributed by atoms with Gasteiger partial charge >= 0.3 is 0 Å². The number of guanidine groups is 1. The summed E-state index contributed by atoms with van der Waals surface area (Å²) in [5, 5.41) is 6.28. The van der Waals surface area contributed by atoms with Gasteiger partial charge in [0.05, 0.1) is 17.7 Å². The second kappa shape index (κ2) is 10.6. The van der Waals surface area contributed by atoms with E-state index in [1.54, 1.807) is 5.51 Å². The molecule has 0 bridgehead atoms. The first-order valence-electron chi connectivity index (χ1n) is 8.28. The van der Waals surface area contributed by atoms with Crippen LogP contribution in [0.25, 0.3) is 0 Å². The average Bonchev–Trinajstić information content (AvgIpc) is 2.95. The summed E-state index contributed by atoms with van der Waals surface area (Å²) in [7, 11) is 0. The summed E-state index contributed by atoms with van der Waals surface area (Å²) in [5.74, 6) is 1.98. The molecule has 0 unspecified atom stereocenters. The molecule has 1 aliphatic rings. The number of carbonyl (C=O) groups excluding carboxylic acids is 1. The lowest BCUT2D eigenvalue weighted by atomic mass is 10.2. The minimum absolute atomic E-state index is 0. The molecule has 1 amide bonds. The molecular weight excluding hydrogens is 469 g/mol. The minimum atomic E-state index is -0.0642. The van der Waals surface area contributed by atoms with Crippen molar-refractivity contribution in [3.63, 3.8) is 0 Å². The molecule has 0 aromatic carbocycles. The number of amides is 1. The number of aliphatic imine (C=N–C) groups is 1. The quantitative estimate of drug-likeness (QED) is 0.283. The van der Waals surface area contributed by atoms with Crippen LogP contribution in [0.15, 0.2) is 10.5 Å². The largest absolute Gasteiger partial charge is 0.357 e. The normalized spacial score (nSPS) is 17.0. The van der Waals surface area contributed by atoms with Crippen LogP contribution in [0.4, 0.5) is 0 Å². The summed E-state index contributed by atoms with van der Waals surface area (Å²) in [4.78, 5) is 23.8. The van der Waals surface area contributed by atoms with Crippen LogP contribution in [0.2, 0.25) is 0 Å². The standard InChI is InChI=1S/C16H27N5OS2.HI/c1-5-17-15(21-8-9-24-16(3,4)10-21)19-7-6-18-14(22)13-12(2)20-11-23-13;/h11H,5-10H2,1-4H3,(H,17,19)(H,18,22);1H. The molecule has 0 spiro atoms. The third-order valence-electron chi connectivity index (χ3n) is 3.67. The van der Waals surface area contributed by atoms with E-state index in [0.29, 0.717) is 18.0 Å². The zero-order valence-electron chi connectivity index (χ0n) is 15.3. The molecule has 1 aliphatic heterocycles. The van der Waals surface area contributed by atoms with E-state index in [1.807, 2.05) is 18.7 Å². The van der Waals surface area contributed by atoms with Gasteiger partial charge < -0.3 is 15.5 Å². The Hall–Kier alpha value is -0.550. The Labute approximate surface area is 175 Å². The van der Waals surface area contributed by atoms with Crippen molar-refractivity contribution in [1.82, 2.24) is 20.5 Å². The summed E-state index contributed by atoms with van der Waals surface area (Å²) >= 11 is 3.38. The summed E-state index contributed by atoms with van der Waals surface area (Å²) < 4.78 is 0.242. The zero-order chi connectivity index (χ0) is 17.6. The van der Waals surface area contributed by atoms with Crippen LogP contribution in [0.5, 0.6) is 0 Å². The number of aryl methyl sites for hydroxylation is 1. The predicted molar refractivity (Wildman–Crippen MR) is 119 cm³/mol. The number of rotatable bonds is 5. The second-order valence-electron chi connectivity index (χ2n) is 6.29. The van der Waals surface area contributed by atoms with Crippen molar-refractivity contribution in [2.24, 2.45) is 4.99 Å². The van der Waals surface area contributed by atoms with Gasteiger partial charge in [-0.2, -0.15) is 11.8 Å². The summed E-state index contributed by atoms with van der Waals surface area (Å²) in [6.45, 7) is 12.4. The van der Waals surface area contributed by atoms with E-state index in [4.69, 9.17) is 0 Å². The number of carbonyl (C=O) groups is 1. The molecule has 1 fully saturated rings. The van der Waals surface area contributed by atoms with Crippen LogP contribution >= 0.6 is 47.1 Å². The Morgan fingerprint density at radius 2 is 2.20 bits per heavy atom. The molecule has 142 valence electrons. The molecule has 25 heavy (non-hydrogen) atoms. The molecule has 0 saturated carbocycles. The van der Waals surface area contributed by atoms with E-state index >= 15 is 0 Å². The fraction of sp³-hybridized carbons (Fsp3) is 0.688. The zero-order valence-corrected chi connectivity index (χ0v) is 19.3. The Balaban J connectivity index is 0.00000312. The average molecular weight is 497 g/mol. The third-order valence-corrected chi connectivity index (χ3v) is 5.90. The highest BCUT2D eigenvalue weighted by atomic mass is 127. The minimum Gasteiger partial charge on any atom is -0.357 e. The van der Waals surface area contributed by atoms with Gasteiger partial charge in [-0.05, 0) is 27.7 Å². The fourth-order valence-corrected chi connectivity index (χ4v) is 4.38. The van der Waals surface area contributed by atoms with Crippen LogP contribution in [0, 0.1) is 6.92 Å². The van der Waals surface area contributed by atoms with Crippen molar-refractivity contribution in [2.75, 3.05) is 38.5 Å². The highest BCUT2D eigenvalue weighted by Crippen LogP contribution is 2.29. The lowest BCUT2D eigenvalue weighted by molar-refractivity contribution is 0.0958. The number of thiazole rings is 1. The molecule has 1 saturated heterocycles. The van der Waals surface area contributed by atoms with E-state index in [0.717, 1.165) is 37.0 Å². The number of hydrogen-bond acceptors (Lipinski definition) is 5. The Kier molecular flexibility index (Phi) is 9.50. The number of nitrogens with zero attached hydrogens (tertiary/aromatic N) is 3. The van der Waals surface area contributed by atoms with Crippen molar-refractivity contribution in [2.45, 2.75) is 32.4 Å². The molecule has 0 aliphatic carbocycles. The van der Waals surface area contributed by atoms with Crippen molar-refractivity contribution in [3.05, 3.63) is 16.1 Å². The van der Waals surface area contributed by atoms with E-state index in [2.05, 4.69) is 46.3 Å². The Morgan fingerprint density at radius 3 is 2.80 bits per heavy atom. The third kappa shape index (κ3) is 6.93. The number of hydrogen-bond donors (Lipinski definition) is 2.